The first kappa shape index (κ1) is 17.2. The van der Waals surface area contributed by atoms with E-state index in [0.29, 0.717) is 17.4 Å². The zero-order valence-corrected chi connectivity index (χ0v) is 14.4. The standard InChI is InChI=1S/C18H37N3/c1-16(2)17(13-19)14-20-15-18(9-5-3-6-10-18)21-11-7-4-8-12-21/h16-17,20H,3-15,19H2,1-2H3. The molecule has 0 radical (unpaired) electrons. The maximum Gasteiger partial charge on any atom is 0.0333 e. The van der Waals surface area contributed by atoms with Gasteiger partial charge in [-0.05, 0) is 63.7 Å². The normalized spacial score (nSPS) is 25.1. The zero-order valence-electron chi connectivity index (χ0n) is 14.4. The van der Waals surface area contributed by atoms with Crippen LogP contribution in [0.1, 0.15) is 65.2 Å². The number of hydrogen-bond donors (Lipinski definition) is 2. The molecule has 2 rings (SSSR count). The van der Waals surface area contributed by atoms with Crippen molar-refractivity contribution in [3.8, 4) is 0 Å². The monoisotopic (exact) mass is 295 g/mol. The molecule has 124 valence electrons. The first-order valence-corrected chi connectivity index (χ1v) is 9.34. The molecule has 1 atom stereocenters. The quantitative estimate of drug-likeness (QED) is 0.758. The van der Waals surface area contributed by atoms with Gasteiger partial charge in [-0.15, -0.1) is 0 Å². The van der Waals surface area contributed by atoms with Crippen LogP contribution in [0, 0.1) is 11.8 Å². The second-order valence-electron chi connectivity index (χ2n) is 7.70. The number of nitrogens with one attached hydrogen (secondary N) is 1. The Morgan fingerprint density at radius 2 is 1.62 bits per heavy atom. The summed E-state index contributed by atoms with van der Waals surface area (Å²) in [7, 11) is 0. The summed E-state index contributed by atoms with van der Waals surface area (Å²) in [4.78, 5) is 2.83. The highest BCUT2D eigenvalue weighted by atomic mass is 15.2. The summed E-state index contributed by atoms with van der Waals surface area (Å²) >= 11 is 0. The summed E-state index contributed by atoms with van der Waals surface area (Å²) in [5.41, 5.74) is 6.37. The summed E-state index contributed by atoms with van der Waals surface area (Å²) in [6.45, 7) is 10.3. The van der Waals surface area contributed by atoms with Crippen LogP contribution in [-0.4, -0.2) is 43.2 Å². The second-order valence-corrected chi connectivity index (χ2v) is 7.70. The molecule has 3 nitrogen and oxygen atoms in total. The lowest BCUT2D eigenvalue weighted by Crippen LogP contribution is -2.58. The van der Waals surface area contributed by atoms with E-state index in [1.807, 2.05) is 0 Å². The molecule has 1 saturated carbocycles. The Labute approximate surface area is 132 Å². The topological polar surface area (TPSA) is 41.3 Å². The Balaban J connectivity index is 1.89. The predicted octanol–water partition coefficient (Wildman–Crippen LogP) is 3.00. The molecule has 0 amide bonds. The van der Waals surface area contributed by atoms with Gasteiger partial charge in [0.2, 0.25) is 0 Å². The molecule has 21 heavy (non-hydrogen) atoms. The molecule has 3 N–H and O–H groups in total. The van der Waals surface area contributed by atoms with Crippen LogP contribution in [0.4, 0.5) is 0 Å². The van der Waals surface area contributed by atoms with Crippen molar-refractivity contribution in [3.05, 3.63) is 0 Å². The Morgan fingerprint density at radius 3 is 2.19 bits per heavy atom. The number of hydrogen-bond acceptors (Lipinski definition) is 3. The smallest absolute Gasteiger partial charge is 0.0333 e. The van der Waals surface area contributed by atoms with Gasteiger partial charge in [0, 0.05) is 12.1 Å². The molecule has 1 heterocycles. The molecule has 1 aliphatic heterocycles. The van der Waals surface area contributed by atoms with Gasteiger partial charge in [0.1, 0.15) is 0 Å². The van der Waals surface area contributed by atoms with Crippen LogP contribution >= 0.6 is 0 Å². The highest BCUT2D eigenvalue weighted by molar-refractivity contribution is 4.96. The molecule has 1 aliphatic carbocycles. The van der Waals surface area contributed by atoms with Crippen molar-refractivity contribution in [1.82, 2.24) is 10.2 Å². The number of nitrogens with two attached hydrogens (primary N) is 1. The molecular weight excluding hydrogens is 258 g/mol. The number of rotatable bonds is 7. The summed E-state index contributed by atoms with van der Waals surface area (Å²) in [6.07, 6.45) is 11.3. The predicted molar refractivity (Wildman–Crippen MR) is 91.5 cm³/mol. The molecular formula is C18H37N3. The van der Waals surface area contributed by atoms with Gasteiger partial charge in [0.15, 0.2) is 0 Å². The van der Waals surface area contributed by atoms with Gasteiger partial charge in [-0.2, -0.15) is 0 Å². The van der Waals surface area contributed by atoms with Gasteiger partial charge in [0.05, 0.1) is 0 Å². The summed E-state index contributed by atoms with van der Waals surface area (Å²) < 4.78 is 0. The van der Waals surface area contributed by atoms with Crippen LogP contribution in [-0.2, 0) is 0 Å². The maximum atomic E-state index is 5.92. The van der Waals surface area contributed by atoms with Crippen LogP contribution in [0.3, 0.4) is 0 Å². The van der Waals surface area contributed by atoms with E-state index >= 15 is 0 Å². The summed E-state index contributed by atoms with van der Waals surface area (Å²) in [5.74, 6) is 1.30. The van der Waals surface area contributed by atoms with E-state index in [4.69, 9.17) is 5.73 Å². The molecule has 0 aromatic heterocycles. The van der Waals surface area contributed by atoms with Crippen molar-refractivity contribution < 1.29 is 0 Å². The van der Waals surface area contributed by atoms with Crippen molar-refractivity contribution in [3.63, 3.8) is 0 Å². The van der Waals surface area contributed by atoms with E-state index < -0.39 is 0 Å². The third-order valence-corrected chi connectivity index (χ3v) is 5.92. The lowest BCUT2D eigenvalue weighted by atomic mass is 9.79. The van der Waals surface area contributed by atoms with E-state index in [0.717, 1.165) is 13.1 Å². The number of nitrogens with zero attached hydrogens (tertiary/aromatic N) is 1. The Morgan fingerprint density at radius 1 is 1.00 bits per heavy atom. The zero-order chi connectivity index (χ0) is 15.1. The Kier molecular flexibility index (Phi) is 6.97. The van der Waals surface area contributed by atoms with E-state index in [9.17, 15) is 0 Å². The van der Waals surface area contributed by atoms with Crippen LogP contribution in [0.15, 0.2) is 0 Å². The SMILES string of the molecule is CC(C)C(CN)CNCC1(N2CCCCC2)CCCCC1. The fourth-order valence-corrected chi connectivity index (χ4v) is 4.26. The average Bonchev–Trinajstić information content (AvgIpc) is 2.53. The maximum absolute atomic E-state index is 5.92. The molecule has 0 spiro atoms. The molecule has 0 aromatic rings. The molecule has 0 aromatic carbocycles. The highest BCUT2D eigenvalue weighted by Crippen LogP contribution is 2.35. The lowest BCUT2D eigenvalue weighted by Gasteiger charge is -2.48. The minimum Gasteiger partial charge on any atom is -0.330 e. The molecule has 0 bridgehead atoms. The first-order valence-electron chi connectivity index (χ1n) is 9.34. The number of likely N-dealkylation sites (tertiary alicyclic amines) is 1. The summed E-state index contributed by atoms with van der Waals surface area (Å²) in [5, 5.41) is 3.80. The van der Waals surface area contributed by atoms with Crippen molar-refractivity contribution in [1.29, 1.82) is 0 Å². The second kappa shape index (κ2) is 8.50. The van der Waals surface area contributed by atoms with Gasteiger partial charge >= 0.3 is 0 Å². The van der Waals surface area contributed by atoms with Crippen LogP contribution in [0.2, 0.25) is 0 Å². The van der Waals surface area contributed by atoms with E-state index in [-0.39, 0.29) is 0 Å². The van der Waals surface area contributed by atoms with Crippen LogP contribution in [0.25, 0.3) is 0 Å². The lowest BCUT2D eigenvalue weighted by molar-refractivity contribution is 0.0326. The van der Waals surface area contributed by atoms with Crippen molar-refractivity contribution in [2.75, 3.05) is 32.7 Å². The third kappa shape index (κ3) is 4.67. The third-order valence-electron chi connectivity index (χ3n) is 5.92. The van der Waals surface area contributed by atoms with E-state index in [2.05, 4.69) is 24.1 Å². The van der Waals surface area contributed by atoms with Crippen LogP contribution < -0.4 is 11.1 Å². The van der Waals surface area contributed by atoms with E-state index in [1.165, 1.54) is 71.0 Å². The molecule has 3 heteroatoms. The Hall–Kier alpha value is -0.120. The minimum absolute atomic E-state index is 0.453. The Bertz CT molecular complexity index is 278. The molecule has 2 aliphatic rings. The van der Waals surface area contributed by atoms with E-state index in [1.54, 1.807) is 0 Å². The van der Waals surface area contributed by atoms with Gasteiger partial charge in [-0.1, -0.05) is 39.5 Å². The molecule has 1 saturated heterocycles. The van der Waals surface area contributed by atoms with Gasteiger partial charge in [0.25, 0.3) is 0 Å². The van der Waals surface area contributed by atoms with Crippen molar-refractivity contribution in [2.24, 2.45) is 17.6 Å². The fraction of sp³-hybridized carbons (Fsp3) is 1.00. The highest BCUT2D eigenvalue weighted by Gasteiger charge is 2.37. The number of piperidine rings is 1. The van der Waals surface area contributed by atoms with Gasteiger partial charge in [-0.3, -0.25) is 4.90 Å². The fourth-order valence-electron chi connectivity index (χ4n) is 4.26. The van der Waals surface area contributed by atoms with Crippen LogP contribution in [0.5, 0.6) is 0 Å². The largest absolute Gasteiger partial charge is 0.330 e. The van der Waals surface area contributed by atoms with Gasteiger partial charge < -0.3 is 11.1 Å². The van der Waals surface area contributed by atoms with Crippen molar-refractivity contribution >= 4 is 0 Å². The minimum atomic E-state index is 0.453. The average molecular weight is 296 g/mol. The molecule has 2 fully saturated rings. The van der Waals surface area contributed by atoms with Gasteiger partial charge in [-0.25, -0.2) is 0 Å². The molecule has 1 unspecified atom stereocenters. The van der Waals surface area contributed by atoms with Crippen molar-refractivity contribution in [2.45, 2.75) is 70.8 Å². The summed E-state index contributed by atoms with van der Waals surface area (Å²) in [6, 6.07) is 0. The first-order chi connectivity index (χ1) is 10.2.